The molecule has 4 heteroatoms. The third-order valence-electron chi connectivity index (χ3n) is 1.20. The lowest BCUT2D eigenvalue weighted by Gasteiger charge is -2.04. The quantitative estimate of drug-likeness (QED) is 0.696. The lowest BCUT2D eigenvalue weighted by atomic mass is 10.3. The van der Waals surface area contributed by atoms with E-state index in [1.807, 2.05) is 16.8 Å². The standard InChI is InChI=1S/C7H10N2OS/c1-5(8)7(10)9-6-2-3-11-4-6/h2-5H,8H2,1H3,(H,9,10). The maximum atomic E-state index is 11.0. The fourth-order valence-electron chi connectivity index (χ4n) is 0.592. The maximum Gasteiger partial charge on any atom is 0.241 e. The number of anilines is 1. The highest BCUT2D eigenvalue weighted by atomic mass is 32.1. The topological polar surface area (TPSA) is 55.1 Å². The summed E-state index contributed by atoms with van der Waals surface area (Å²) in [6.07, 6.45) is 0. The van der Waals surface area contributed by atoms with Gasteiger partial charge in [-0.2, -0.15) is 11.3 Å². The maximum absolute atomic E-state index is 11.0. The molecule has 0 aromatic carbocycles. The molecule has 0 fully saturated rings. The summed E-state index contributed by atoms with van der Waals surface area (Å²) in [6, 6.07) is 1.39. The zero-order chi connectivity index (χ0) is 8.27. The number of nitrogens with one attached hydrogen (secondary N) is 1. The van der Waals surface area contributed by atoms with Crippen molar-refractivity contribution in [3.05, 3.63) is 16.8 Å². The molecule has 11 heavy (non-hydrogen) atoms. The molecule has 0 spiro atoms. The highest BCUT2D eigenvalue weighted by Crippen LogP contribution is 2.11. The Morgan fingerprint density at radius 3 is 3.00 bits per heavy atom. The molecule has 3 N–H and O–H groups in total. The van der Waals surface area contributed by atoms with Gasteiger partial charge in [0.1, 0.15) is 0 Å². The van der Waals surface area contributed by atoms with Crippen LogP contribution in [0, 0.1) is 0 Å². The highest BCUT2D eigenvalue weighted by molar-refractivity contribution is 7.08. The fraction of sp³-hybridized carbons (Fsp3) is 0.286. The summed E-state index contributed by atoms with van der Waals surface area (Å²) in [5.41, 5.74) is 6.16. The third-order valence-corrected chi connectivity index (χ3v) is 1.89. The summed E-state index contributed by atoms with van der Waals surface area (Å²) in [6.45, 7) is 1.65. The van der Waals surface area contributed by atoms with Crippen LogP contribution in [0.5, 0.6) is 0 Å². The summed E-state index contributed by atoms with van der Waals surface area (Å²) < 4.78 is 0. The molecule has 1 aromatic heterocycles. The lowest BCUT2D eigenvalue weighted by molar-refractivity contribution is -0.117. The van der Waals surface area contributed by atoms with E-state index in [-0.39, 0.29) is 5.91 Å². The van der Waals surface area contributed by atoms with Crippen molar-refractivity contribution >= 4 is 22.9 Å². The number of carbonyl (C=O) groups is 1. The van der Waals surface area contributed by atoms with Crippen LogP contribution in [-0.2, 0) is 4.79 Å². The van der Waals surface area contributed by atoms with Gasteiger partial charge in [-0.05, 0) is 18.4 Å². The Labute approximate surface area is 69.2 Å². The lowest BCUT2D eigenvalue weighted by Crippen LogP contribution is -2.32. The van der Waals surface area contributed by atoms with Crippen molar-refractivity contribution in [3.63, 3.8) is 0 Å². The number of amides is 1. The van der Waals surface area contributed by atoms with Crippen molar-refractivity contribution in [1.29, 1.82) is 0 Å². The number of hydrogen-bond acceptors (Lipinski definition) is 3. The van der Waals surface area contributed by atoms with Crippen molar-refractivity contribution in [2.75, 3.05) is 5.32 Å². The molecule has 0 bridgehead atoms. The molecular weight excluding hydrogens is 160 g/mol. The molecular formula is C7H10N2OS. The van der Waals surface area contributed by atoms with E-state index < -0.39 is 6.04 Å². The highest BCUT2D eigenvalue weighted by Gasteiger charge is 2.06. The Morgan fingerprint density at radius 1 is 1.82 bits per heavy atom. The van der Waals surface area contributed by atoms with Crippen LogP contribution < -0.4 is 11.1 Å². The SMILES string of the molecule is CC(N)C(=O)Nc1ccsc1. The molecule has 60 valence electrons. The van der Waals surface area contributed by atoms with Crippen molar-refractivity contribution in [1.82, 2.24) is 0 Å². The van der Waals surface area contributed by atoms with Crippen LogP contribution in [0.2, 0.25) is 0 Å². The Morgan fingerprint density at radius 2 is 2.55 bits per heavy atom. The molecule has 0 saturated carbocycles. The van der Waals surface area contributed by atoms with Crippen molar-refractivity contribution < 1.29 is 4.79 Å². The second-order valence-corrected chi connectivity index (χ2v) is 3.07. The van der Waals surface area contributed by atoms with Crippen LogP contribution in [0.15, 0.2) is 16.8 Å². The minimum atomic E-state index is -0.449. The van der Waals surface area contributed by atoms with Gasteiger partial charge < -0.3 is 11.1 Å². The van der Waals surface area contributed by atoms with Crippen LogP contribution in [0.1, 0.15) is 6.92 Å². The largest absolute Gasteiger partial charge is 0.324 e. The van der Waals surface area contributed by atoms with Gasteiger partial charge in [0.15, 0.2) is 0 Å². The second kappa shape index (κ2) is 3.50. The van der Waals surface area contributed by atoms with Crippen LogP contribution in [-0.4, -0.2) is 11.9 Å². The molecule has 0 saturated heterocycles. The first-order valence-corrected chi connectivity index (χ1v) is 4.23. The smallest absolute Gasteiger partial charge is 0.241 e. The monoisotopic (exact) mass is 170 g/mol. The van der Waals surface area contributed by atoms with Gasteiger partial charge in [0.2, 0.25) is 5.91 Å². The van der Waals surface area contributed by atoms with E-state index in [4.69, 9.17) is 5.73 Å². The van der Waals surface area contributed by atoms with Crippen LogP contribution in [0.25, 0.3) is 0 Å². The van der Waals surface area contributed by atoms with Crippen LogP contribution in [0.4, 0.5) is 5.69 Å². The van der Waals surface area contributed by atoms with Gasteiger partial charge in [-0.1, -0.05) is 0 Å². The van der Waals surface area contributed by atoms with E-state index in [0.29, 0.717) is 0 Å². The van der Waals surface area contributed by atoms with Gasteiger partial charge in [0, 0.05) is 5.38 Å². The fourth-order valence-corrected chi connectivity index (χ4v) is 1.18. The average molecular weight is 170 g/mol. The molecule has 0 aliphatic carbocycles. The molecule has 0 radical (unpaired) electrons. The zero-order valence-corrected chi connectivity index (χ0v) is 7.02. The van der Waals surface area contributed by atoms with Gasteiger partial charge in [-0.3, -0.25) is 4.79 Å². The summed E-state index contributed by atoms with van der Waals surface area (Å²) >= 11 is 1.54. The summed E-state index contributed by atoms with van der Waals surface area (Å²) in [4.78, 5) is 11.0. The molecule has 1 heterocycles. The van der Waals surface area contributed by atoms with E-state index in [9.17, 15) is 4.79 Å². The average Bonchev–Trinajstić information content (AvgIpc) is 2.39. The van der Waals surface area contributed by atoms with E-state index in [2.05, 4.69) is 5.32 Å². The van der Waals surface area contributed by atoms with E-state index in [1.165, 1.54) is 11.3 Å². The number of carbonyl (C=O) groups excluding carboxylic acids is 1. The van der Waals surface area contributed by atoms with Gasteiger partial charge in [0.05, 0.1) is 11.7 Å². The van der Waals surface area contributed by atoms with E-state index >= 15 is 0 Å². The summed E-state index contributed by atoms with van der Waals surface area (Å²) in [5, 5.41) is 6.43. The van der Waals surface area contributed by atoms with Crippen molar-refractivity contribution in [2.45, 2.75) is 13.0 Å². The first-order valence-electron chi connectivity index (χ1n) is 3.29. The van der Waals surface area contributed by atoms with Crippen molar-refractivity contribution in [3.8, 4) is 0 Å². The predicted molar refractivity (Wildman–Crippen MR) is 46.6 cm³/mol. The minimum Gasteiger partial charge on any atom is -0.324 e. The van der Waals surface area contributed by atoms with E-state index in [0.717, 1.165) is 5.69 Å². The Hall–Kier alpha value is -0.870. The van der Waals surface area contributed by atoms with Gasteiger partial charge in [0.25, 0.3) is 0 Å². The number of hydrogen-bond donors (Lipinski definition) is 2. The molecule has 1 atom stereocenters. The molecule has 0 aliphatic heterocycles. The first-order chi connectivity index (χ1) is 5.20. The van der Waals surface area contributed by atoms with Gasteiger partial charge in [-0.15, -0.1) is 0 Å². The molecule has 1 unspecified atom stereocenters. The molecule has 1 rings (SSSR count). The normalized spacial score (nSPS) is 12.5. The Bertz CT molecular complexity index is 231. The molecule has 1 aromatic rings. The number of nitrogens with two attached hydrogens (primary N) is 1. The Balaban J connectivity index is 2.50. The molecule has 1 amide bonds. The number of thiophene rings is 1. The van der Waals surface area contributed by atoms with Crippen LogP contribution in [0.3, 0.4) is 0 Å². The zero-order valence-electron chi connectivity index (χ0n) is 6.20. The predicted octanol–water partition coefficient (Wildman–Crippen LogP) is 1.03. The minimum absolute atomic E-state index is 0.150. The Kier molecular flexibility index (Phi) is 2.62. The second-order valence-electron chi connectivity index (χ2n) is 2.29. The molecule has 3 nitrogen and oxygen atoms in total. The van der Waals surface area contributed by atoms with Crippen LogP contribution >= 0.6 is 11.3 Å². The summed E-state index contributed by atoms with van der Waals surface area (Å²) in [7, 11) is 0. The van der Waals surface area contributed by atoms with Gasteiger partial charge >= 0.3 is 0 Å². The summed E-state index contributed by atoms with van der Waals surface area (Å²) in [5.74, 6) is -0.150. The van der Waals surface area contributed by atoms with E-state index in [1.54, 1.807) is 6.92 Å². The van der Waals surface area contributed by atoms with Crippen molar-refractivity contribution in [2.24, 2.45) is 5.73 Å². The third kappa shape index (κ3) is 2.32. The molecule has 0 aliphatic rings. The van der Waals surface area contributed by atoms with Gasteiger partial charge in [-0.25, -0.2) is 0 Å². The first kappa shape index (κ1) is 8.23. The number of rotatable bonds is 2.